The summed E-state index contributed by atoms with van der Waals surface area (Å²) < 4.78 is 11.8. The highest BCUT2D eigenvalue weighted by Gasteiger charge is 2.06. The first-order valence-corrected chi connectivity index (χ1v) is 10.2. The molecule has 2 aromatic carbocycles. The number of unbranched alkanes of at least 4 members (excludes halogenated alkanes) is 4. The van der Waals surface area contributed by atoms with Crippen LogP contribution in [0.15, 0.2) is 30.3 Å². The summed E-state index contributed by atoms with van der Waals surface area (Å²) in [4.78, 5) is 0. The van der Waals surface area contributed by atoms with Gasteiger partial charge in [0.2, 0.25) is 0 Å². The van der Waals surface area contributed by atoms with E-state index in [0.29, 0.717) is 0 Å². The Kier molecular flexibility index (Phi) is 8.44. The second-order valence-corrected chi connectivity index (χ2v) is 7.02. The summed E-state index contributed by atoms with van der Waals surface area (Å²) in [6.45, 7) is 5.94. The van der Waals surface area contributed by atoms with Crippen LogP contribution < -0.4 is 9.47 Å². The Morgan fingerprint density at radius 3 is 2.46 bits per heavy atom. The summed E-state index contributed by atoms with van der Waals surface area (Å²) in [6.07, 6.45) is 7.15. The molecule has 0 aliphatic carbocycles. The van der Waals surface area contributed by atoms with Crippen molar-refractivity contribution in [1.82, 2.24) is 0 Å². The topological polar surface area (TPSA) is 18.5 Å². The lowest BCUT2D eigenvalue weighted by Crippen LogP contribution is -2.00. The number of aryl methyl sites for hydroxylation is 1. The van der Waals surface area contributed by atoms with Crippen molar-refractivity contribution < 1.29 is 9.47 Å². The minimum atomic E-state index is 0.775. The van der Waals surface area contributed by atoms with Gasteiger partial charge in [0.25, 0.3) is 0 Å². The van der Waals surface area contributed by atoms with Crippen molar-refractivity contribution in [2.24, 2.45) is 0 Å². The maximum absolute atomic E-state index is 5.93. The number of alkyl halides is 1. The van der Waals surface area contributed by atoms with E-state index < -0.39 is 0 Å². The summed E-state index contributed by atoms with van der Waals surface area (Å²) in [6, 6.07) is 10.6. The Balaban J connectivity index is 1.97. The van der Waals surface area contributed by atoms with Crippen LogP contribution in [0.25, 0.3) is 10.8 Å². The first-order chi connectivity index (χ1) is 11.8. The van der Waals surface area contributed by atoms with Crippen molar-refractivity contribution in [3.63, 3.8) is 0 Å². The number of rotatable bonds is 11. The molecule has 0 radical (unpaired) electrons. The fourth-order valence-corrected chi connectivity index (χ4v) is 3.18. The fourth-order valence-electron chi connectivity index (χ4n) is 2.79. The fraction of sp³-hybridized carbons (Fsp3) is 0.524. The molecular weight excluding hydrogens is 364 g/mol. The molecule has 2 aromatic rings. The Hall–Kier alpha value is -1.22. The SMILES string of the molecule is CCCCCCOc1ccc2c(C)c(OCCCCBr)ccc2c1. The van der Waals surface area contributed by atoms with Gasteiger partial charge in [0.15, 0.2) is 0 Å². The van der Waals surface area contributed by atoms with Crippen molar-refractivity contribution >= 4 is 26.7 Å². The van der Waals surface area contributed by atoms with E-state index in [-0.39, 0.29) is 0 Å². The predicted octanol–water partition coefficient (Wildman–Crippen LogP) is 6.66. The normalized spacial score (nSPS) is 11.0. The number of benzene rings is 2. The molecule has 2 nitrogen and oxygen atoms in total. The van der Waals surface area contributed by atoms with Gasteiger partial charge in [-0.1, -0.05) is 54.2 Å². The molecule has 0 aromatic heterocycles. The van der Waals surface area contributed by atoms with Gasteiger partial charge in [0.05, 0.1) is 13.2 Å². The molecule has 0 N–H and O–H groups in total. The molecular formula is C21H29BrO2. The molecule has 3 heteroatoms. The van der Waals surface area contributed by atoms with Gasteiger partial charge in [-0.15, -0.1) is 0 Å². The standard InChI is InChI=1S/C21H29BrO2/c1-3-4-5-7-14-23-19-10-11-20-17(2)21(12-9-18(20)16-19)24-15-8-6-13-22/h9-12,16H,3-8,13-15H2,1-2H3. The first-order valence-electron chi connectivity index (χ1n) is 9.11. The predicted molar refractivity (Wildman–Crippen MR) is 107 cm³/mol. The molecule has 0 aliphatic heterocycles. The molecule has 132 valence electrons. The van der Waals surface area contributed by atoms with Gasteiger partial charge in [0.1, 0.15) is 11.5 Å². The maximum atomic E-state index is 5.93. The van der Waals surface area contributed by atoms with E-state index in [2.05, 4.69) is 60.1 Å². The Labute approximate surface area is 154 Å². The van der Waals surface area contributed by atoms with Gasteiger partial charge in [-0.25, -0.2) is 0 Å². The lowest BCUT2D eigenvalue weighted by atomic mass is 10.0. The molecule has 0 unspecified atom stereocenters. The third-order valence-corrected chi connectivity index (χ3v) is 4.82. The molecule has 0 atom stereocenters. The quantitative estimate of drug-likeness (QED) is 0.314. The van der Waals surface area contributed by atoms with Crippen LogP contribution in [-0.4, -0.2) is 18.5 Å². The smallest absolute Gasteiger partial charge is 0.122 e. The van der Waals surface area contributed by atoms with E-state index in [1.165, 1.54) is 35.6 Å². The van der Waals surface area contributed by atoms with Crippen LogP contribution in [0.3, 0.4) is 0 Å². The van der Waals surface area contributed by atoms with Crippen LogP contribution >= 0.6 is 15.9 Å². The second-order valence-electron chi connectivity index (χ2n) is 6.23. The lowest BCUT2D eigenvalue weighted by Gasteiger charge is -2.12. The average Bonchev–Trinajstić information content (AvgIpc) is 2.60. The molecule has 0 heterocycles. The van der Waals surface area contributed by atoms with Crippen LogP contribution in [0, 0.1) is 6.92 Å². The second kappa shape index (κ2) is 10.6. The Morgan fingerprint density at radius 1 is 0.875 bits per heavy atom. The van der Waals surface area contributed by atoms with Crippen molar-refractivity contribution in [2.75, 3.05) is 18.5 Å². The van der Waals surface area contributed by atoms with Gasteiger partial charge in [0, 0.05) is 5.33 Å². The number of fused-ring (bicyclic) bond motifs is 1. The van der Waals surface area contributed by atoms with Crippen LogP contribution in [0.1, 0.15) is 51.0 Å². The monoisotopic (exact) mass is 392 g/mol. The van der Waals surface area contributed by atoms with E-state index in [9.17, 15) is 0 Å². The number of halogens is 1. The van der Waals surface area contributed by atoms with Crippen molar-refractivity contribution in [1.29, 1.82) is 0 Å². The third kappa shape index (κ3) is 5.70. The molecule has 0 saturated carbocycles. The van der Waals surface area contributed by atoms with Crippen LogP contribution in [0.5, 0.6) is 11.5 Å². The molecule has 2 rings (SSSR count). The Bertz CT molecular complexity index is 625. The van der Waals surface area contributed by atoms with E-state index in [1.807, 2.05) is 0 Å². The van der Waals surface area contributed by atoms with Gasteiger partial charge in [-0.05, 0) is 60.7 Å². The molecule has 0 aliphatic rings. The molecule has 0 bridgehead atoms. The summed E-state index contributed by atoms with van der Waals surface area (Å²) in [5.41, 5.74) is 1.21. The highest BCUT2D eigenvalue weighted by atomic mass is 79.9. The minimum absolute atomic E-state index is 0.775. The molecule has 0 saturated heterocycles. The molecule has 0 amide bonds. The van der Waals surface area contributed by atoms with Crippen LogP contribution in [0.4, 0.5) is 0 Å². The number of hydrogen-bond acceptors (Lipinski definition) is 2. The summed E-state index contributed by atoms with van der Waals surface area (Å²) >= 11 is 3.45. The number of ether oxygens (including phenoxy) is 2. The largest absolute Gasteiger partial charge is 0.494 e. The average molecular weight is 393 g/mol. The van der Waals surface area contributed by atoms with Gasteiger partial charge in [-0.2, -0.15) is 0 Å². The zero-order valence-electron chi connectivity index (χ0n) is 14.9. The minimum Gasteiger partial charge on any atom is -0.494 e. The molecule has 0 fully saturated rings. The summed E-state index contributed by atoms with van der Waals surface area (Å²) in [5, 5.41) is 3.49. The zero-order valence-corrected chi connectivity index (χ0v) is 16.5. The van der Waals surface area contributed by atoms with Gasteiger partial charge < -0.3 is 9.47 Å². The Morgan fingerprint density at radius 2 is 1.67 bits per heavy atom. The van der Waals surface area contributed by atoms with Crippen molar-refractivity contribution in [3.8, 4) is 11.5 Å². The van der Waals surface area contributed by atoms with E-state index in [4.69, 9.17) is 9.47 Å². The summed E-state index contributed by atoms with van der Waals surface area (Å²) in [7, 11) is 0. The van der Waals surface area contributed by atoms with E-state index in [0.717, 1.165) is 49.3 Å². The summed E-state index contributed by atoms with van der Waals surface area (Å²) in [5.74, 6) is 1.95. The van der Waals surface area contributed by atoms with Crippen LogP contribution in [0.2, 0.25) is 0 Å². The van der Waals surface area contributed by atoms with E-state index >= 15 is 0 Å². The third-order valence-electron chi connectivity index (χ3n) is 4.26. The van der Waals surface area contributed by atoms with E-state index in [1.54, 1.807) is 0 Å². The van der Waals surface area contributed by atoms with Crippen molar-refractivity contribution in [2.45, 2.75) is 52.4 Å². The lowest BCUT2D eigenvalue weighted by molar-refractivity contribution is 0.305. The highest BCUT2D eigenvalue weighted by Crippen LogP contribution is 2.30. The van der Waals surface area contributed by atoms with Crippen LogP contribution in [-0.2, 0) is 0 Å². The maximum Gasteiger partial charge on any atom is 0.122 e. The molecule has 24 heavy (non-hydrogen) atoms. The first kappa shape index (κ1) is 19.1. The van der Waals surface area contributed by atoms with Gasteiger partial charge in [-0.3, -0.25) is 0 Å². The van der Waals surface area contributed by atoms with Crippen molar-refractivity contribution in [3.05, 3.63) is 35.9 Å². The molecule has 0 spiro atoms. The van der Waals surface area contributed by atoms with Gasteiger partial charge >= 0.3 is 0 Å². The highest BCUT2D eigenvalue weighted by molar-refractivity contribution is 9.09. The number of hydrogen-bond donors (Lipinski definition) is 0. The zero-order chi connectivity index (χ0) is 17.2.